The Bertz CT molecular complexity index is 775. The Morgan fingerprint density at radius 1 is 1.31 bits per heavy atom. The Morgan fingerprint density at radius 2 is 1.96 bits per heavy atom. The number of nitrogens with zero attached hydrogens (tertiary/aromatic N) is 2. The van der Waals surface area contributed by atoms with Gasteiger partial charge < -0.3 is 10.1 Å². The summed E-state index contributed by atoms with van der Waals surface area (Å²) < 4.78 is 30.4. The Balaban J connectivity index is 1.68. The zero-order valence-corrected chi connectivity index (χ0v) is 15.1. The molecule has 1 aliphatic rings. The first-order valence-corrected chi connectivity index (χ1v) is 8.66. The van der Waals surface area contributed by atoms with Gasteiger partial charge in [0.25, 0.3) is 5.91 Å². The highest BCUT2D eigenvalue weighted by Crippen LogP contribution is 2.40. The zero-order valence-electron chi connectivity index (χ0n) is 15.1. The lowest BCUT2D eigenvalue weighted by Crippen LogP contribution is -2.32. The van der Waals surface area contributed by atoms with Crippen LogP contribution < -0.4 is 10.1 Å². The SMILES string of the molecule is CC(C)(C)n1nc(C2CC2)cc1C(=O)NCc1ccc(OC(F)F)cc1. The average molecular weight is 363 g/mol. The Labute approximate surface area is 151 Å². The van der Waals surface area contributed by atoms with E-state index in [-0.39, 0.29) is 17.2 Å². The summed E-state index contributed by atoms with van der Waals surface area (Å²) in [6, 6.07) is 8.08. The molecule has 0 atom stereocenters. The van der Waals surface area contributed by atoms with E-state index in [4.69, 9.17) is 0 Å². The minimum Gasteiger partial charge on any atom is -0.435 e. The lowest BCUT2D eigenvalue weighted by molar-refractivity contribution is -0.0498. The number of nitrogens with one attached hydrogen (secondary N) is 1. The van der Waals surface area contributed by atoms with Crippen molar-refractivity contribution in [3.8, 4) is 5.75 Å². The molecule has 1 N–H and O–H groups in total. The van der Waals surface area contributed by atoms with Crippen molar-refractivity contribution in [2.24, 2.45) is 0 Å². The second-order valence-corrected chi connectivity index (χ2v) is 7.52. The molecule has 0 bridgehead atoms. The number of amides is 1. The van der Waals surface area contributed by atoms with E-state index in [0.717, 1.165) is 24.1 Å². The maximum Gasteiger partial charge on any atom is 0.387 e. The minimum absolute atomic E-state index is 0.0926. The Kier molecular flexibility index (Phi) is 4.98. The van der Waals surface area contributed by atoms with Gasteiger partial charge in [0.2, 0.25) is 0 Å². The van der Waals surface area contributed by atoms with Gasteiger partial charge in [0.15, 0.2) is 0 Å². The molecule has 1 fully saturated rings. The third-order valence-electron chi connectivity index (χ3n) is 4.19. The van der Waals surface area contributed by atoms with Crippen molar-refractivity contribution in [2.75, 3.05) is 0 Å². The van der Waals surface area contributed by atoms with Crippen molar-refractivity contribution in [3.63, 3.8) is 0 Å². The second kappa shape index (κ2) is 7.05. The molecule has 0 spiro atoms. The van der Waals surface area contributed by atoms with Crippen LogP contribution in [-0.2, 0) is 12.1 Å². The fourth-order valence-electron chi connectivity index (χ4n) is 2.71. The molecule has 1 aliphatic carbocycles. The van der Waals surface area contributed by atoms with Crippen LogP contribution in [-0.4, -0.2) is 22.3 Å². The number of rotatable bonds is 6. The molecule has 3 rings (SSSR count). The van der Waals surface area contributed by atoms with Crippen LogP contribution >= 0.6 is 0 Å². The molecule has 1 heterocycles. The van der Waals surface area contributed by atoms with E-state index in [0.29, 0.717) is 18.2 Å². The van der Waals surface area contributed by atoms with E-state index in [1.165, 1.54) is 12.1 Å². The number of alkyl halides is 2. The highest BCUT2D eigenvalue weighted by molar-refractivity contribution is 5.92. The van der Waals surface area contributed by atoms with E-state index in [9.17, 15) is 13.6 Å². The van der Waals surface area contributed by atoms with Crippen molar-refractivity contribution in [1.29, 1.82) is 0 Å². The van der Waals surface area contributed by atoms with E-state index in [1.54, 1.807) is 16.8 Å². The number of aromatic nitrogens is 2. The fourth-order valence-corrected chi connectivity index (χ4v) is 2.71. The summed E-state index contributed by atoms with van der Waals surface area (Å²) in [4.78, 5) is 12.7. The van der Waals surface area contributed by atoms with Gasteiger partial charge in [-0.2, -0.15) is 13.9 Å². The van der Waals surface area contributed by atoms with Crippen LogP contribution in [0.5, 0.6) is 5.75 Å². The molecule has 1 aromatic heterocycles. The summed E-state index contributed by atoms with van der Waals surface area (Å²) in [5, 5.41) is 7.50. The molecule has 1 aromatic carbocycles. The summed E-state index contributed by atoms with van der Waals surface area (Å²) in [6.45, 7) is 3.47. The van der Waals surface area contributed by atoms with Crippen LogP contribution in [0.15, 0.2) is 30.3 Å². The number of carbonyl (C=O) groups excluding carboxylic acids is 1. The lowest BCUT2D eigenvalue weighted by Gasteiger charge is -2.22. The molecule has 2 aromatic rings. The monoisotopic (exact) mass is 363 g/mol. The van der Waals surface area contributed by atoms with E-state index in [1.807, 2.05) is 26.8 Å². The quantitative estimate of drug-likeness (QED) is 0.842. The summed E-state index contributed by atoms with van der Waals surface area (Å²) in [5.74, 6) is 0.356. The standard InChI is InChI=1S/C19H23F2N3O2/c1-19(2,3)24-16(10-15(23-24)13-6-7-13)17(25)22-11-12-4-8-14(9-5-12)26-18(20)21/h4-5,8-10,13,18H,6-7,11H2,1-3H3,(H,22,25). The predicted octanol–water partition coefficient (Wildman–Crippen LogP) is 4.05. The largest absolute Gasteiger partial charge is 0.435 e. The van der Waals surface area contributed by atoms with Gasteiger partial charge >= 0.3 is 6.61 Å². The molecule has 0 unspecified atom stereocenters. The van der Waals surface area contributed by atoms with Gasteiger partial charge in [-0.15, -0.1) is 0 Å². The first kappa shape index (κ1) is 18.4. The number of ether oxygens (including phenoxy) is 1. The molecule has 7 heteroatoms. The number of carbonyl (C=O) groups is 1. The molecule has 0 radical (unpaired) electrons. The number of hydrogen-bond donors (Lipinski definition) is 1. The lowest BCUT2D eigenvalue weighted by atomic mass is 10.1. The van der Waals surface area contributed by atoms with Crippen molar-refractivity contribution >= 4 is 5.91 Å². The topological polar surface area (TPSA) is 56.2 Å². The van der Waals surface area contributed by atoms with Gasteiger partial charge in [0.05, 0.1) is 11.2 Å². The van der Waals surface area contributed by atoms with Gasteiger partial charge in [0.1, 0.15) is 11.4 Å². The maximum absolute atomic E-state index is 12.7. The molecule has 140 valence electrons. The summed E-state index contributed by atoms with van der Waals surface area (Å²) in [7, 11) is 0. The van der Waals surface area contributed by atoms with Gasteiger partial charge in [0, 0.05) is 12.5 Å². The van der Waals surface area contributed by atoms with Crippen LogP contribution in [0.4, 0.5) is 8.78 Å². The maximum atomic E-state index is 12.7. The van der Waals surface area contributed by atoms with Crippen molar-refractivity contribution in [3.05, 3.63) is 47.3 Å². The van der Waals surface area contributed by atoms with Crippen LogP contribution in [0.3, 0.4) is 0 Å². The van der Waals surface area contributed by atoms with Gasteiger partial charge in [-0.3, -0.25) is 9.48 Å². The van der Waals surface area contributed by atoms with E-state index in [2.05, 4.69) is 15.2 Å². The first-order chi connectivity index (χ1) is 12.2. The second-order valence-electron chi connectivity index (χ2n) is 7.52. The highest BCUT2D eigenvalue weighted by atomic mass is 19.3. The third kappa shape index (κ3) is 4.39. The molecule has 1 saturated carbocycles. The smallest absolute Gasteiger partial charge is 0.387 e. The zero-order chi connectivity index (χ0) is 18.9. The third-order valence-corrected chi connectivity index (χ3v) is 4.19. The van der Waals surface area contributed by atoms with Crippen LogP contribution in [0.1, 0.15) is 61.3 Å². The Hall–Kier alpha value is -2.44. The number of hydrogen-bond acceptors (Lipinski definition) is 3. The predicted molar refractivity (Wildman–Crippen MR) is 93.4 cm³/mol. The molecule has 0 saturated heterocycles. The van der Waals surface area contributed by atoms with Crippen molar-refractivity contribution in [1.82, 2.24) is 15.1 Å². The number of halogens is 2. The molecule has 5 nitrogen and oxygen atoms in total. The molecule has 0 aliphatic heterocycles. The minimum atomic E-state index is -2.85. The fraction of sp³-hybridized carbons (Fsp3) is 0.474. The van der Waals surface area contributed by atoms with E-state index < -0.39 is 6.61 Å². The van der Waals surface area contributed by atoms with Crippen molar-refractivity contribution < 1.29 is 18.3 Å². The summed E-state index contributed by atoms with van der Waals surface area (Å²) in [5.41, 5.74) is 2.01. The highest BCUT2D eigenvalue weighted by Gasteiger charge is 2.31. The molecule has 26 heavy (non-hydrogen) atoms. The van der Waals surface area contributed by atoms with Crippen LogP contribution in [0.25, 0.3) is 0 Å². The van der Waals surface area contributed by atoms with Gasteiger partial charge in [-0.05, 0) is 57.4 Å². The Morgan fingerprint density at radius 3 is 2.50 bits per heavy atom. The average Bonchev–Trinajstić information content (AvgIpc) is 3.30. The van der Waals surface area contributed by atoms with Crippen LogP contribution in [0.2, 0.25) is 0 Å². The van der Waals surface area contributed by atoms with Crippen LogP contribution in [0, 0.1) is 0 Å². The van der Waals surface area contributed by atoms with Gasteiger partial charge in [-0.1, -0.05) is 12.1 Å². The molecule has 1 amide bonds. The molecular formula is C19H23F2N3O2. The summed E-state index contributed by atoms with van der Waals surface area (Å²) in [6.07, 6.45) is 2.24. The summed E-state index contributed by atoms with van der Waals surface area (Å²) >= 11 is 0. The van der Waals surface area contributed by atoms with Crippen molar-refractivity contribution in [2.45, 2.75) is 58.2 Å². The number of benzene rings is 1. The normalized spacial score (nSPS) is 14.5. The first-order valence-electron chi connectivity index (χ1n) is 8.66. The van der Waals surface area contributed by atoms with Gasteiger partial charge in [-0.25, -0.2) is 0 Å². The molecular weight excluding hydrogens is 340 g/mol. The van der Waals surface area contributed by atoms with E-state index >= 15 is 0 Å².